The number of rotatable bonds is 0. The molecule has 0 bridgehead atoms. The molecule has 3 heterocycles. The molecule has 144 valence electrons. The zero-order valence-electron chi connectivity index (χ0n) is 17.5. The molecule has 0 spiro atoms. The SMILES string of the molecule is [C-]#[N+]c1cccc2c1c1ccc3c4c1n2-c1ccccc1B4c1ccccc1C3(C)C. The molecule has 0 radical (unpaired) electrons. The van der Waals surface area contributed by atoms with Crippen LogP contribution in [0.2, 0.25) is 0 Å². The highest BCUT2D eigenvalue weighted by atomic mass is 15.0. The van der Waals surface area contributed by atoms with E-state index in [9.17, 15) is 0 Å². The van der Waals surface area contributed by atoms with Crippen LogP contribution in [0.1, 0.15) is 25.0 Å². The van der Waals surface area contributed by atoms with Gasteiger partial charge in [0.1, 0.15) is 0 Å². The van der Waals surface area contributed by atoms with Crippen molar-refractivity contribution in [1.29, 1.82) is 0 Å². The maximum absolute atomic E-state index is 7.79. The molecule has 5 aromatic rings. The van der Waals surface area contributed by atoms with Gasteiger partial charge < -0.3 is 4.57 Å². The van der Waals surface area contributed by atoms with Gasteiger partial charge in [0.05, 0.1) is 6.57 Å². The first-order chi connectivity index (χ1) is 15.1. The van der Waals surface area contributed by atoms with Crippen molar-refractivity contribution in [3.63, 3.8) is 0 Å². The summed E-state index contributed by atoms with van der Waals surface area (Å²) in [5, 5.41) is 2.26. The van der Waals surface area contributed by atoms with Gasteiger partial charge in [-0.1, -0.05) is 86.0 Å². The van der Waals surface area contributed by atoms with Crippen LogP contribution >= 0.6 is 0 Å². The van der Waals surface area contributed by atoms with Crippen molar-refractivity contribution < 1.29 is 0 Å². The van der Waals surface area contributed by atoms with Crippen molar-refractivity contribution in [2.75, 3.05) is 0 Å². The van der Waals surface area contributed by atoms with E-state index in [0.29, 0.717) is 0 Å². The third-order valence-electron chi connectivity index (χ3n) is 7.49. The minimum Gasteiger partial charge on any atom is -0.312 e. The Morgan fingerprint density at radius 3 is 2.42 bits per heavy atom. The molecule has 0 atom stereocenters. The van der Waals surface area contributed by atoms with Crippen LogP contribution in [-0.2, 0) is 5.41 Å². The molecule has 3 heteroatoms. The van der Waals surface area contributed by atoms with E-state index in [1.165, 1.54) is 44.1 Å². The fraction of sp³-hybridized carbons (Fsp3) is 0.107. The van der Waals surface area contributed by atoms with Crippen LogP contribution in [0.4, 0.5) is 5.69 Å². The van der Waals surface area contributed by atoms with Gasteiger partial charge in [-0.3, -0.25) is 0 Å². The Morgan fingerprint density at radius 2 is 1.58 bits per heavy atom. The zero-order valence-corrected chi connectivity index (χ0v) is 17.5. The predicted molar refractivity (Wildman–Crippen MR) is 130 cm³/mol. The first-order valence-electron chi connectivity index (χ1n) is 10.8. The minimum atomic E-state index is -0.0766. The van der Waals surface area contributed by atoms with Crippen LogP contribution in [-0.4, -0.2) is 11.3 Å². The summed E-state index contributed by atoms with van der Waals surface area (Å²) in [6, 6.07) is 28.4. The molecule has 31 heavy (non-hydrogen) atoms. The summed E-state index contributed by atoms with van der Waals surface area (Å²) < 4.78 is 2.41. The predicted octanol–water partition coefficient (Wildman–Crippen LogP) is 4.80. The molecule has 2 aliphatic rings. The van der Waals surface area contributed by atoms with Crippen molar-refractivity contribution in [3.8, 4) is 5.69 Å². The van der Waals surface area contributed by atoms with Crippen molar-refractivity contribution in [3.05, 3.63) is 101 Å². The van der Waals surface area contributed by atoms with Crippen LogP contribution in [0, 0.1) is 6.57 Å². The van der Waals surface area contributed by atoms with Crippen molar-refractivity contribution in [2.24, 2.45) is 0 Å². The van der Waals surface area contributed by atoms with Crippen molar-refractivity contribution in [1.82, 2.24) is 4.57 Å². The van der Waals surface area contributed by atoms with Crippen LogP contribution < -0.4 is 16.4 Å². The maximum atomic E-state index is 7.79. The maximum Gasteiger partial charge on any atom is 0.247 e. The van der Waals surface area contributed by atoms with Crippen LogP contribution in [0.5, 0.6) is 0 Å². The Morgan fingerprint density at radius 1 is 0.806 bits per heavy atom. The molecule has 2 nitrogen and oxygen atoms in total. The van der Waals surface area contributed by atoms with Crippen LogP contribution in [0.3, 0.4) is 0 Å². The number of hydrogen-bond acceptors (Lipinski definition) is 0. The number of hydrogen-bond donors (Lipinski definition) is 0. The molecule has 0 fully saturated rings. The Bertz CT molecular complexity index is 1630. The Kier molecular flexibility index (Phi) is 3.00. The average molecular weight is 394 g/mol. The van der Waals surface area contributed by atoms with E-state index in [4.69, 9.17) is 6.57 Å². The van der Waals surface area contributed by atoms with Gasteiger partial charge in [0.2, 0.25) is 6.71 Å². The molecule has 0 saturated carbocycles. The minimum absolute atomic E-state index is 0.0766. The largest absolute Gasteiger partial charge is 0.312 e. The molecule has 0 N–H and O–H groups in total. The second-order valence-electron chi connectivity index (χ2n) is 9.25. The summed E-state index contributed by atoms with van der Waals surface area (Å²) in [6.45, 7) is 12.7. The summed E-state index contributed by atoms with van der Waals surface area (Å²) >= 11 is 0. The van der Waals surface area contributed by atoms with Gasteiger partial charge in [-0.15, -0.1) is 0 Å². The quantitative estimate of drug-likeness (QED) is 0.259. The van der Waals surface area contributed by atoms with Crippen molar-refractivity contribution >= 4 is 50.6 Å². The number of benzene rings is 4. The molecule has 0 saturated heterocycles. The second-order valence-corrected chi connectivity index (χ2v) is 9.25. The molecule has 7 rings (SSSR count). The molecule has 0 amide bonds. The van der Waals surface area contributed by atoms with E-state index in [2.05, 4.69) is 90.0 Å². The number of nitrogens with zero attached hydrogens (tertiary/aromatic N) is 2. The summed E-state index contributed by atoms with van der Waals surface area (Å²) in [5.41, 5.74) is 11.2. The van der Waals surface area contributed by atoms with Crippen LogP contribution in [0.15, 0.2) is 78.9 Å². The highest BCUT2D eigenvalue weighted by molar-refractivity contribution is 6.99. The highest BCUT2D eigenvalue weighted by Crippen LogP contribution is 2.42. The molecule has 4 aromatic carbocycles. The zero-order chi connectivity index (χ0) is 20.9. The fourth-order valence-corrected chi connectivity index (χ4v) is 6.22. The lowest BCUT2D eigenvalue weighted by atomic mass is 9.30. The van der Waals surface area contributed by atoms with E-state index in [1.807, 2.05) is 12.1 Å². The highest BCUT2D eigenvalue weighted by Gasteiger charge is 2.44. The Hall–Kier alpha value is -3.77. The molecular weight excluding hydrogens is 375 g/mol. The average Bonchev–Trinajstić information content (AvgIpc) is 3.15. The van der Waals surface area contributed by atoms with Gasteiger partial charge in [-0.05, 0) is 39.6 Å². The van der Waals surface area contributed by atoms with Gasteiger partial charge >= 0.3 is 0 Å². The smallest absolute Gasteiger partial charge is 0.247 e. The van der Waals surface area contributed by atoms with Gasteiger partial charge in [0, 0.05) is 27.5 Å². The summed E-state index contributed by atoms with van der Waals surface area (Å²) in [5.74, 6) is 0. The second kappa shape index (κ2) is 5.48. The van der Waals surface area contributed by atoms with E-state index in [-0.39, 0.29) is 12.1 Å². The lowest BCUT2D eigenvalue weighted by Gasteiger charge is -2.41. The topological polar surface area (TPSA) is 9.29 Å². The molecule has 1 aromatic heterocycles. The standard InChI is InChI=1S/C28H19BN2/c1-28(2)18-9-4-5-10-20(18)29-21-11-6-7-13-23(21)31-24-14-8-12-22(30-3)25(24)17-15-16-19(28)26(29)27(17)31/h4-16H,1-2H3. The normalized spacial score (nSPS) is 14.9. The van der Waals surface area contributed by atoms with Gasteiger partial charge in [0.25, 0.3) is 0 Å². The molecular formula is C28H19BN2. The number of para-hydroxylation sites is 1. The molecule has 0 unspecified atom stereocenters. The van der Waals surface area contributed by atoms with Gasteiger partial charge in [0.15, 0.2) is 5.69 Å². The van der Waals surface area contributed by atoms with Gasteiger partial charge in [-0.2, -0.15) is 0 Å². The van der Waals surface area contributed by atoms with E-state index in [1.54, 1.807) is 0 Å². The lowest BCUT2D eigenvalue weighted by molar-refractivity contribution is 0.646. The van der Waals surface area contributed by atoms with Crippen molar-refractivity contribution in [2.45, 2.75) is 19.3 Å². The summed E-state index contributed by atoms with van der Waals surface area (Å²) in [7, 11) is 0. The summed E-state index contributed by atoms with van der Waals surface area (Å²) in [4.78, 5) is 3.88. The Balaban J connectivity index is 1.80. The first-order valence-corrected chi connectivity index (χ1v) is 10.8. The first kappa shape index (κ1) is 17.0. The number of aromatic nitrogens is 1. The fourth-order valence-electron chi connectivity index (χ4n) is 6.22. The lowest BCUT2D eigenvalue weighted by Crippen LogP contribution is -2.63. The van der Waals surface area contributed by atoms with E-state index < -0.39 is 0 Å². The molecule has 2 aliphatic heterocycles. The Labute approximate surface area is 181 Å². The number of fused-ring (bicyclic) bond motifs is 8. The van der Waals surface area contributed by atoms with E-state index in [0.717, 1.165) is 16.6 Å². The van der Waals surface area contributed by atoms with Crippen LogP contribution in [0.25, 0.3) is 32.3 Å². The van der Waals surface area contributed by atoms with Gasteiger partial charge in [-0.25, -0.2) is 4.85 Å². The molecule has 0 aliphatic carbocycles. The monoisotopic (exact) mass is 394 g/mol. The third kappa shape index (κ3) is 1.85. The third-order valence-corrected chi connectivity index (χ3v) is 7.49. The van der Waals surface area contributed by atoms with E-state index >= 15 is 0 Å². The summed E-state index contributed by atoms with van der Waals surface area (Å²) in [6.07, 6.45) is 0.